The average molecular weight is 232 g/mol. The molecule has 2 aromatic rings. The Hall–Kier alpha value is -1.68. The van der Waals surface area contributed by atoms with E-state index < -0.39 is 0 Å². The highest BCUT2D eigenvalue weighted by Gasteiger charge is 2.07. The lowest BCUT2D eigenvalue weighted by atomic mass is 10.1. The van der Waals surface area contributed by atoms with E-state index in [0.717, 1.165) is 10.2 Å². The summed E-state index contributed by atoms with van der Waals surface area (Å²) < 4.78 is 1.12. The van der Waals surface area contributed by atoms with Gasteiger partial charge in [0.15, 0.2) is 5.13 Å². The second-order valence-electron chi connectivity index (χ2n) is 3.64. The fourth-order valence-electron chi connectivity index (χ4n) is 1.59. The van der Waals surface area contributed by atoms with Crippen LogP contribution in [-0.4, -0.2) is 10.9 Å². The number of anilines is 1. The predicted molar refractivity (Wildman–Crippen MR) is 67.9 cm³/mol. The molecule has 0 spiro atoms. The minimum atomic E-state index is -0.228. The molecule has 0 fully saturated rings. The molecule has 16 heavy (non-hydrogen) atoms. The molecule has 0 radical (unpaired) electrons. The lowest BCUT2D eigenvalue weighted by molar-refractivity contribution is -0.111. The van der Waals surface area contributed by atoms with Gasteiger partial charge in [0.1, 0.15) is 0 Å². The SMILES string of the molecule is C=CC(=O)Nc1nc2cc(C)cc(C)c2s1. The van der Waals surface area contributed by atoms with Gasteiger partial charge in [-0.3, -0.25) is 10.1 Å². The topological polar surface area (TPSA) is 42.0 Å². The average Bonchev–Trinajstić information content (AvgIpc) is 2.60. The number of fused-ring (bicyclic) bond motifs is 1. The van der Waals surface area contributed by atoms with Crippen molar-refractivity contribution in [2.45, 2.75) is 13.8 Å². The Kier molecular flexibility index (Phi) is 2.75. The van der Waals surface area contributed by atoms with Crippen molar-refractivity contribution >= 4 is 32.6 Å². The minimum absolute atomic E-state index is 0.228. The molecule has 0 aliphatic rings. The number of carbonyl (C=O) groups excluding carboxylic acids is 1. The summed E-state index contributed by atoms with van der Waals surface area (Å²) in [4.78, 5) is 15.5. The van der Waals surface area contributed by atoms with Crippen LogP contribution in [0.5, 0.6) is 0 Å². The van der Waals surface area contributed by atoms with E-state index in [-0.39, 0.29) is 5.91 Å². The molecule has 4 heteroatoms. The normalized spacial score (nSPS) is 10.4. The van der Waals surface area contributed by atoms with E-state index in [9.17, 15) is 4.79 Å². The third kappa shape index (κ3) is 1.97. The summed E-state index contributed by atoms with van der Waals surface area (Å²) in [6.45, 7) is 7.49. The van der Waals surface area contributed by atoms with Crippen LogP contribution in [0, 0.1) is 13.8 Å². The number of nitrogens with zero attached hydrogens (tertiary/aromatic N) is 1. The first kappa shape index (κ1) is 10.8. The zero-order chi connectivity index (χ0) is 11.7. The molecule has 0 aliphatic carbocycles. The van der Waals surface area contributed by atoms with Crippen molar-refractivity contribution in [1.29, 1.82) is 0 Å². The lowest BCUT2D eigenvalue weighted by Crippen LogP contribution is -2.06. The van der Waals surface area contributed by atoms with Gasteiger partial charge in [-0.05, 0) is 37.1 Å². The third-order valence-corrected chi connectivity index (χ3v) is 3.36. The molecule has 82 valence electrons. The number of thiazole rings is 1. The number of aryl methyl sites for hydroxylation is 2. The number of benzene rings is 1. The number of nitrogens with one attached hydrogen (secondary N) is 1. The molecular formula is C12H12N2OS. The third-order valence-electron chi connectivity index (χ3n) is 2.24. The largest absolute Gasteiger partial charge is 0.298 e. The van der Waals surface area contributed by atoms with Gasteiger partial charge >= 0.3 is 0 Å². The fourth-order valence-corrected chi connectivity index (χ4v) is 2.50. The Morgan fingerprint density at radius 2 is 2.25 bits per heavy atom. The van der Waals surface area contributed by atoms with E-state index in [1.807, 2.05) is 19.9 Å². The van der Waals surface area contributed by atoms with Gasteiger partial charge < -0.3 is 0 Å². The standard InChI is InChI=1S/C12H12N2OS/c1-4-10(15)14-12-13-9-6-7(2)5-8(3)11(9)16-12/h4-6H,1H2,2-3H3,(H,13,14,15). The van der Waals surface area contributed by atoms with Crippen molar-refractivity contribution in [2.75, 3.05) is 5.32 Å². The van der Waals surface area contributed by atoms with Crippen LogP contribution in [0.15, 0.2) is 24.8 Å². The molecule has 0 saturated carbocycles. The van der Waals surface area contributed by atoms with Gasteiger partial charge in [-0.25, -0.2) is 4.98 Å². The second-order valence-corrected chi connectivity index (χ2v) is 4.64. The molecule has 3 nitrogen and oxygen atoms in total. The van der Waals surface area contributed by atoms with Crippen LogP contribution >= 0.6 is 11.3 Å². The maximum Gasteiger partial charge on any atom is 0.249 e. The Morgan fingerprint density at radius 1 is 1.50 bits per heavy atom. The van der Waals surface area contributed by atoms with Crippen molar-refractivity contribution in [2.24, 2.45) is 0 Å². The highest BCUT2D eigenvalue weighted by atomic mass is 32.1. The van der Waals surface area contributed by atoms with Crippen LogP contribution in [0.4, 0.5) is 5.13 Å². The van der Waals surface area contributed by atoms with Crippen molar-refractivity contribution in [3.8, 4) is 0 Å². The van der Waals surface area contributed by atoms with E-state index in [0.29, 0.717) is 5.13 Å². The molecule has 1 amide bonds. The summed E-state index contributed by atoms with van der Waals surface area (Å²) in [6, 6.07) is 4.13. The van der Waals surface area contributed by atoms with Crippen molar-refractivity contribution in [3.63, 3.8) is 0 Å². The first-order chi connectivity index (χ1) is 7.60. The van der Waals surface area contributed by atoms with Gasteiger partial charge in [0.25, 0.3) is 0 Å². The molecule has 0 unspecified atom stereocenters. The maximum atomic E-state index is 11.1. The van der Waals surface area contributed by atoms with Crippen LogP contribution in [0.25, 0.3) is 10.2 Å². The molecule has 1 N–H and O–H groups in total. The zero-order valence-electron chi connectivity index (χ0n) is 9.20. The molecule has 0 bridgehead atoms. The van der Waals surface area contributed by atoms with Gasteiger partial charge in [-0.1, -0.05) is 24.0 Å². The van der Waals surface area contributed by atoms with E-state index >= 15 is 0 Å². The van der Waals surface area contributed by atoms with E-state index in [1.165, 1.54) is 28.5 Å². The molecule has 0 aliphatic heterocycles. The summed E-state index contributed by atoms with van der Waals surface area (Å²) in [5, 5.41) is 3.30. The van der Waals surface area contributed by atoms with Gasteiger partial charge in [0.2, 0.25) is 5.91 Å². The Labute approximate surface area is 97.8 Å². The Bertz CT molecular complexity index is 572. The van der Waals surface area contributed by atoms with Crippen LogP contribution in [-0.2, 0) is 4.79 Å². The molecule has 1 heterocycles. The van der Waals surface area contributed by atoms with Gasteiger partial charge in [0, 0.05) is 0 Å². The van der Waals surface area contributed by atoms with Gasteiger partial charge in [-0.15, -0.1) is 0 Å². The molecule has 0 atom stereocenters. The number of amides is 1. The highest BCUT2D eigenvalue weighted by molar-refractivity contribution is 7.22. The summed E-state index contributed by atoms with van der Waals surface area (Å²) in [7, 11) is 0. The number of hydrogen-bond acceptors (Lipinski definition) is 3. The minimum Gasteiger partial charge on any atom is -0.298 e. The molecule has 0 saturated heterocycles. The van der Waals surface area contributed by atoms with Gasteiger partial charge in [0.05, 0.1) is 10.2 Å². The zero-order valence-corrected chi connectivity index (χ0v) is 10.0. The number of carbonyl (C=O) groups is 1. The quantitative estimate of drug-likeness (QED) is 0.809. The van der Waals surface area contributed by atoms with Crippen molar-refractivity contribution < 1.29 is 4.79 Å². The molecular weight excluding hydrogens is 220 g/mol. The fraction of sp³-hybridized carbons (Fsp3) is 0.167. The smallest absolute Gasteiger partial charge is 0.249 e. The van der Waals surface area contributed by atoms with Crippen LogP contribution in [0.2, 0.25) is 0 Å². The summed E-state index contributed by atoms with van der Waals surface area (Å²) in [5.41, 5.74) is 3.30. The monoisotopic (exact) mass is 232 g/mol. The maximum absolute atomic E-state index is 11.1. The van der Waals surface area contributed by atoms with Crippen LogP contribution in [0.3, 0.4) is 0 Å². The van der Waals surface area contributed by atoms with E-state index in [1.54, 1.807) is 0 Å². The Balaban J connectivity index is 2.47. The van der Waals surface area contributed by atoms with Crippen molar-refractivity contribution in [1.82, 2.24) is 4.98 Å². The summed E-state index contributed by atoms with van der Waals surface area (Å²) in [6.07, 6.45) is 1.24. The molecule has 1 aromatic carbocycles. The lowest BCUT2D eigenvalue weighted by Gasteiger charge is -1.95. The van der Waals surface area contributed by atoms with Crippen LogP contribution in [0.1, 0.15) is 11.1 Å². The Morgan fingerprint density at radius 3 is 2.94 bits per heavy atom. The van der Waals surface area contributed by atoms with E-state index in [2.05, 4.69) is 22.9 Å². The van der Waals surface area contributed by atoms with Crippen molar-refractivity contribution in [3.05, 3.63) is 35.9 Å². The highest BCUT2D eigenvalue weighted by Crippen LogP contribution is 2.29. The molecule has 1 aromatic heterocycles. The second kappa shape index (κ2) is 4.06. The first-order valence-corrected chi connectivity index (χ1v) is 5.73. The molecule has 2 rings (SSSR count). The van der Waals surface area contributed by atoms with Gasteiger partial charge in [-0.2, -0.15) is 0 Å². The number of aromatic nitrogens is 1. The first-order valence-electron chi connectivity index (χ1n) is 4.91. The number of hydrogen-bond donors (Lipinski definition) is 1. The predicted octanol–water partition coefficient (Wildman–Crippen LogP) is 3.04. The van der Waals surface area contributed by atoms with E-state index in [4.69, 9.17) is 0 Å². The summed E-state index contributed by atoms with van der Waals surface area (Å²) in [5.74, 6) is -0.228. The van der Waals surface area contributed by atoms with Crippen LogP contribution < -0.4 is 5.32 Å². The summed E-state index contributed by atoms with van der Waals surface area (Å²) >= 11 is 1.49. The number of rotatable bonds is 2.